The Kier molecular flexibility index (Phi) is 2.21. The zero-order chi connectivity index (χ0) is 12.1. The molecule has 0 amide bonds. The van der Waals surface area contributed by atoms with Gasteiger partial charge in [-0.3, -0.25) is 0 Å². The molecule has 0 heterocycles. The summed E-state index contributed by atoms with van der Waals surface area (Å²) in [6.45, 7) is 6.72. The maximum absolute atomic E-state index is 11.9. The first-order chi connectivity index (χ1) is 7.26. The third-order valence-electron chi connectivity index (χ3n) is 2.65. The van der Waals surface area contributed by atoms with Gasteiger partial charge in [0.1, 0.15) is 5.76 Å². The lowest BCUT2D eigenvalue weighted by Crippen LogP contribution is -2.25. The quantitative estimate of drug-likeness (QED) is 0.427. The number of nitrogens with zero attached hydrogens (tertiary/aromatic N) is 1. The summed E-state index contributed by atoms with van der Waals surface area (Å²) in [4.78, 5) is 3.24. The van der Waals surface area contributed by atoms with Crippen molar-refractivity contribution in [2.45, 2.75) is 18.0 Å². The molecule has 0 N–H and O–H groups in total. The van der Waals surface area contributed by atoms with Gasteiger partial charge in [0.15, 0.2) is 0 Å². The second-order valence-electron chi connectivity index (χ2n) is 3.68. The summed E-state index contributed by atoms with van der Waals surface area (Å²) in [5, 5.41) is 0. The summed E-state index contributed by atoms with van der Waals surface area (Å²) in [5.74, 6) is -0.418. The van der Waals surface area contributed by atoms with Gasteiger partial charge < -0.3 is 9.03 Å². The van der Waals surface area contributed by atoms with Crippen molar-refractivity contribution in [3.8, 4) is 0 Å². The second kappa shape index (κ2) is 3.13. The Morgan fingerprint density at radius 1 is 1.50 bits per heavy atom. The Bertz CT molecular complexity index is 488. The van der Waals surface area contributed by atoms with Crippen LogP contribution < -0.4 is 0 Å². The van der Waals surface area contributed by atoms with Crippen molar-refractivity contribution in [3.05, 3.63) is 23.3 Å². The molecule has 0 radical (unpaired) electrons. The van der Waals surface area contributed by atoms with E-state index in [4.69, 9.17) is 6.57 Å². The summed E-state index contributed by atoms with van der Waals surface area (Å²) < 4.78 is 61.1. The van der Waals surface area contributed by atoms with Crippen LogP contribution in [0.5, 0.6) is 0 Å². The van der Waals surface area contributed by atoms with Crippen molar-refractivity contribution < 1.29 is 25.8 Å². The molecule has 0 bridgehead atoms. The van der Waals surface area contributed by atoms with Crippen molar-refractivity contribution >= 4 is 10.1 Å². The third-order valence-corrected chi connectivity index (χ3v) is 3.65. The predicted molar refractivity (Wildman–Crippen MR) is 46.1 cm³/mol. The van der Waals surface area contributed by atoms with E-state index >= 15 is 0 Å². The molecule has 3 atom stereocenters. The Labute approximate surface area is 89.6 Å². The standard InChI is InChI=1S/C8H6F3NO3S/c1-12-7-5-2-4(3-6(5)7)15-16(13,14)8(9,10)11/h2,5-7H,3H2/t5-,6+,7+/m0/s1. The highest BCUT2D eigenvalue weighted by atomic mass is 32.2. The summed E-state index contributed by atoms with van der Waals surface area (Å²) in [6, 6.07) is -0.221. The van der Waals surface area contributed by atoms with E-state index in [-0.39, 0.29) is 30.1 Å². The molecule has 2 rings (SSSR count). The Morgan fingerprint density at radius 3 is 2.50 bits per heavy atom. The monoisotopic (exact) mass is 253 g/mol. The average molecular weight is 253 g/mol. The van der Waals surface area contributed by atoms with E-state index in [1.54, 1.807) is 0 Å². The molecule has 4 nitrogen and oxygen atoms in total. The highest BCUT2D eigenvalue weighted by molar-refractivity contribution is 7.87. The fraction of sp³-hybridized carbons (Fsp3) is 0.625. The second-order valence-corrected chi connectivity index (χ2v) is 5.22. The zero-order valence-corrected chi connectivity index (χ0v) is 8.55. The van der Waals surface area contributed by atoms with Gasteiger partial charge in [0.05, 0.1) is 11.8 Å². The van der Waals surface area contributed by atoms with Gasteiger partial charge in [-0.1, -0.05) is 0 Å². The van der Waals surface area contributed by atoms with Crippen LogP contribution >= 0.6 is 0 Å². The molecule has 0 aromatic heterocycles. The van der Waals surface area contributed by atoms with Crippen LogP contribution in [-0.2, 0) is 14.3 Å². The number of hydrogen-bond donors (Lipinski definition) is 0. The fourth-order valence-electron chi connectivity index (χ4n) is 1.81. The Hall–Kier alpha value is -1.23. The van der Waals surface area contributed by atoms with E-state index in [9.17, 15) is 21.6 Å². The van der Waals surface area contributed by atoms with Crippen LogP contribution in [0.4, 0.5) is 13.2 Å². The molecule has 0 aromatic rings. The van der Waals surface area contributed by atoms with Gasteiger partial charge in [0, 0.05) is 6.42 Å². The fourth-order valence-corrected chi connectivity index (χ4v) is 2.31. The van der Waals surface area contributed by atoms with E-state index in [0.29, 0.717) is 0 Å². The van der Waals surface area contributed by atoms with Crippen LogP contribution in [0, 0.1) is 18.4 Å². The van der Waals surface area contributed by atoms with Crippen LogP contribution in [0.1, 0.15) is 6.42 Å². The minimum atomic E-state index is -5.55. The topological polar surface area (TPSA) is 47.7 Å². The summed E-state index contributed by atoms with van der Waals surface area (Å²) in [6.07, 6.45) is 1.39. The number of rotatable bonds is 2. The van der Waals surface area contributed by atoms with Crippen molar-refractivity contribution in [1.29, 1.82) is 0 Å². The smallest absolute Gasteiger partial charge is 0.381 e. The Morgan fingerprint density at radius 2 is 2.12 bits per heavy atom. The van der Waals surface area contributed by atoms with Crippen LogP contribution in [0.25, 0.3) is 4.85 Å². The van der Waals surface area contributed by atoms with Gasteiger partial charge in [-0.2, -0.15) is 21.6 Å². The van der Waals surface area contributed by atoms with Gasteiger partial charge in [-0.05, 0) is 6.08 Å². The number of allylic oxidation sites excluding steroid dienone is 1. The molecule has 0 aromatic carbocycles. The molecule has 0 saturated heterocycles. The van der Waals surface area contributed by atoms with Gasteiger partial charge in [0.25, 0.3) is 0 Å². The SMILES string of the molecule is [C-]#[N+][C@@H]1[C@H]2C=C(OS(=O)(=O)C(F)(F)F)C[C@H]21. The lowest BCUT2D eigenvalue weighted by Gasteiger charge is -2.10. The van der Waals surface area contributed by atoms with Gasteiger partial charge in [-0.25, -0.2) is 6.57 Å². The molecular weight excluding hydrogens is 247 g/mol. The molecule has 0 unspecified atom stereocenters. The Balaban J connectivity index is 2.05. The lowest BCUT2D eigenvalue weighted by atomic mass is 10.3. The van der Waals surface area contributed by atoms with E-state index in [1.807, 2.05) is 0 Å². The van der Waals surface area contributed by atoms with Gasteiger partial charge in [0.2, 0.25) is 6.04 Å². The maximum atomic E-state index is 11.9. The summed E-state index contributed by atoms with van der Waals surface area (Å²) in [7, 11) is -5.55. The van der Waals surface area contributed by atoms with Crippen LogP contribution in [0.15, 0.2) is 11.8 Å². The predicted octanol–water partition coefficient (Wildman–Crippen LogP) is 1.67. The van der Waals surface area contributed by atoms with Gasteiger partial charge in [-0.15, -0.1) is 0 Å². The zero-order valence-electron chi connectivity index (χ0n) is 7.73. The van der Waals surface area contributed by atoms with Crippen molar-refractivity contribution in [3.63, 3.8) is 0 Å². The number of halogens is 3. The van der Waals surface area contributed by atoms with E-state index in [2.05, 4.69) is 9.03 Å². The molecule has 2 aliphatic carbocycles. The lowest BCUT2D eigenvalue weighted by molar-refractivity contribution is -0.0523. The summed E-state index contributed by atoms with van der Waals surface area (Å²) >= 11 is 0. The van der Waals surface area contributed by atoms with E-state index < -0.39 is 15.6 Å². The first kappa shape index (κ1) is 11.3. The molecule has 88 valence electrons. The minimum Gasteiger partial charge on any atom is -0.381 e. The molecule has 0 spiro atoms. The number of fused-ring (bicyclic) bond motifs is 1. The highest BCUT2D eigenvalue weighted by Gasteiger charge is 2.61. The molecule has 16 heavy (non-hydrogen) atoms. The molecule has 1 fully saturated rings. The minimum absolute atomic E-state index is 0.0732. The van der Waals surface area contributed by atoms with E-state index in [1.165, 1.54) is 6.08 Å². The number of hydrogen-bond acceptors (Lipinski definition) is 3. The first-order valence-electron chi connectivity index (χ1n) is 4.34. The van der Waals surface area contributed by atoms with E-state index in [0.717, 1.165) is 0 Å². The van der Waals surface area contributed by atoms with Crippen molar-refractivity contribution in [1.82, 2.24) is 0 Å². The highest BCUT2D eigenvalue weighted by Crippen LogP contribution is 2.53. The molecule has 8 heteroatoms. The van der Waals surface area contributed by atoms with Crippen LogP contribution in [0.2, 0.25) is 0 Å². The number of alkyl halides is 3. The third kappa shape index (κ3) is 1.65. The normalized spacial score (nSPS) is 32.6. The average Bonchev–Trinajstić information content (AvgIpc) is 2.59. The molecular formula is C8H6F3NO3S. The van der Waals surface area contributed by atoms with Crippen molar-refractivity contribution in [2.75, 3.05) is 0 Å². The van der Waals surface area contributed by atoms with Crippen LogP contribution in [-0.4, -0.2) is 20.0 Å². The maximum Gasteiger partial charge on any atom is 0.534 e. The van der Waals surface area contributed by atoms with Gasteiger partial charge >= 0.3 is 15.6 Å². The summed E-state index contributed by atoms with van der Waals surface area (Å²) in [5.41, 5.74) is -5.40. The molecule has 0 aliphatic heterocycles. The van der Waals surface area contributed by atoms with Crippen molar-refractivity contribution in [2.24, 2.45) is 11.8 Å². The molecule has 1 saturated carbocycles. The van der Waals surface area contributed by atoms with Crippen LogP contribution in [0.3, 0.4) is 0 Å². The first-order valence-corrected chi connectivity index (χ1v) is 5.75. The largest absolute Gasteiger partial charge is 0.534 e. The molecule has 2 aliphatic rings.